The SMILES string of the molecule is C=C(C)C12C=CC3OC3C1(C(=C)C)O2. The first-order chi connectivity index (χ1) is 6.54. The lowest BCUT2D eigenvalue weighted by molar-refractivity contribution is 0.255. The van der Waals surface area contributed by atoms with Crippen LogP contribution < -0.4 is 0 Å². The monoisotopic (exact) mass is 190 g/mol. The number of epoxide rings is 2. The van der Waals surface area contributed by atoms with Gasteiger partial charge < -0.3 is 9.47 Å². The molecule has 3 rings (SSSR count). The first-order valence-electron chi connectivity index (χ1n) is 4.91. The highest BCUT2D eigenvalue weighted by molar-refractivity contribution is 5.53. The van der Waals surface area contributed by atoms with E-state index in [9.17, 15) is 0 Å². The molecule has 2 heterocycles. The van der Waals surface area contributed by atoms with Gasteiger partial charge in [0.1, 0.15) is 17.8 Å². The predicted octanol–water partition coefficient (Wildman–Crippen LogP) is 1.98. The molecule has 0 bridgehead atoms. The van der Waals surface area contributed by atoms with E-state index in [0.717, 1.165) is 11.1 Å². The summed E-state index contributed by atoms with van der Waals surface area (Å²) in [5, 5.41) is 0. The highest BCUT2D eigenvalue weighted by Gasteiger charge is 2.80. The van der Waals surface area contributed by atoms with Gasteiger partial charge in [0.05, 0.1) is 0 Å². The zero-order chi connectivity index (χ0) is 10.1. The fourth-order valence-electron chi connectivity index (χ4n) is 2.68. The van der Waals surface area contributed by atoms with E-state index in [-0.39, 0.29) is 23.4 Å². The Hall–Kier alpha value is -0.860. The third-order valence-corrected chi connectivity index (χ3v) is 3.55. The van der Waals surface area contributed by atoms with Crippen molar-refractivity contribution in [3.05, 3.63) is 36.5 Å². The van der Waals surface area contributed by atoms with E-state index in [1.807, 2.05) is 13.8 Å². The Morgan fingerprint density at radius 2 is 2.00 bits per heavy atom. The second kappa shape index (κ2) is 2.05. The summed E-state index contributed by atoms with van der Waals surface area (Å²) in [5.74, 6) is 0. The zero-order valence-electron chi connectivity index (χ0n) is 8.54. The molecule has 14 heavy (non-hydrogen) atoms. The lowest BCUT2D eigenvalue weighted by Gasteiger charge is -2.18. The lowest BCUT2D eigenvalue weighted by Crippen LogP contribution is -2.35. The molecule has 74 valence electrons. The van der Waals surface area contributed by atoms with Crippen LogP contribution in [0.3, 0.4) is 0 Å². The fourth-order valence-corrected chi connectivity index (χ4v) is 2.68. The Kier molecular flexibility index (Phi) is 1.23. The number of ether oxygens (including phenoxy) is 2. The van der Waals surface area contributed by atoms with Gasteiger partial charge in [-0.3, -0.25) is 0 Å². The molecule has 0 saturated carbocycles. The third kappa shape index (κ3) is 0.645. The summed E-state index contributed by atoms with van der Waals surface area (Å²) in [6.45, 7) is 12.0. The van der Waals surface area contributed by atoms with Gasteiger partial charge in [0, 0.05) is 0 Å². The average molecular weight is 190 g/mol. The molecular formula is C12H14O2. The van der Waals surface area contributed by atoms with Crippen LogP contribution in [0.2, 0.25) is 0 Å². The van der Waals surface area contributed by atoms with Gasteiger partial charge in [0.15, 0.2) is 5.60 Å². The standard InChI is InChI=1S/C12H14O2/c1-7(2)11-6-5-9-10(13-9)12(11,14-11)8(3)4/h5-6,9-10H,1,3H2,2,4H3. The highest BCUT2D eigenvalue weighted by atomic mass is 16.7. The molecule has 0 aromatic rings. The molecule has 2 saturated heterocycles. The van der Waals surface area contributed by atoms with E-state index in [4.69, 9.17) is 9.47 Å². The molecule has 0 N–H and O–H groups in total. The summed E-state index contributed by atoms with van der Waals surface area (Å²) < 4.78 is 11.5. The average Bonchev–Trinajstić information content (AvgIpc) is 2.96. The van der Waals surface area contributed by atoms with Crippen molar-refractivity contribution in [2.45, 2.75) is 37.3 Å². The van der Waals surface area contributed by atoms with Gasteiger partial charge in [-0.15, -0.1) is 0 Å². The van der Waals surface area contributed by atoms with Crippen molar-refractivity contribution in [3.63, 3.8) is 0 Å². The van der Waals surface area contributed by atoms with Gasteiger partial charge in [-0.2, -0.15) is 0 Å². The second-order valence-electron chi connectivity index (χ2n) is 4.51. The van der Waals surface area contributed by atoms with Crippen LogP contribution >= 0.6 is 0 Å². The van der Waals surface area contributed by atoms with E-state index in [0.29, 0.717) is 0 Å². The topological polar surface area (TPSA) is 25.1 Å². The predicted molar refractivity (Wildman–Crippen MR) is 54.0 cm³/mol. The van der Waals surface area contributed by atoms with Crippen LogP contribution in [0.15, 0.2) is 36.5 Å². The molecule has 0 spiro atoms. The summed E-state index contributed by atoms with van der Waals surface area (Å²) in [5.41, 5.74) is 1.44. The van der Waals surface area contributed by atoms with Gasteiger partial charge in [-0.25, -0.2) is 0 Å². The van der Waals surface area contributed by atoms with Crippen LogP contribution in [0.1, 0.15) is 13.8 Å². The van der Waals surface area contributed by atoms with E-state index in [1.54, 1.807) is 0 Å². The van der Waals surface area contributed by atoms with Crippen LogP contribution in [-0.4, -0.2) is 23.4 Å². The Labute approximate surface area is 83.9 Å². The zero-order valence-corrected chi connectivity index (χ0v) is 8.54. The minimum Gasteiger partial charge on any atom is -0.361 e. The van der Waals surface area contributed by atoms with Crippen LogP contribution in [-0.2, 0) is 9.47 Å². The smallest absolute Gasteiger partial charge is 0.156 e. The van der Waals surface area contributed by atoms with Crippen molar-refractivity contribution < 1.29 is 9.47 Å². The Bertz CT molecular complexity index is 382. The van der Waals surface area contributed by atoms with Crippen molar-refractivity contribution in [2.24, 2.45) is 0 Å². The maximum absolute atomic E-state index is 5.92. The minimum absolute atomic E-state index is 0.168. The maximum Gasteiger partial charge on any atom is 0.156 e. The van der Waals surface area contributed by atoms with Crippen molar-refractivity contribution >= 4 is 0 Å². The van der Waals surface area contributed by atoms with Crippen LogP contribution in [0, 0.1) is 0 Å². The molecule has 0 radical (unpaired) electrons. The van der Waals surface area contributed by atoms with E-state index in [2.05, 4.69) is 25.3 Å². The fraction of sp³-hybridized carbons (Fsp3) is 0.500. The normalized spacial score (nSPS) is 51.9. The largest absolute Gasteiger partial charge is 0.361 e. The second-order valence-corrected chi connectivity index (χ2v) is 4.51. The van der Waals surface area contributed by atoms with Crippen molar-refractivity contribution in [3.8, 4) is 0 Å². The van der Waals surface area contributed by atoms with Crippen molar-refractivity contribution in [2.75, 3.05) is 0 Å². The summed E-state index contributed by atoms with van der Waals surface area (Å²) >= 11 is 0. The highest BCUT2D eigenvalue weighted by Crippen LogP contribution is 2.66. The molecule has 0 aromatic heterocycles. The summed E-state index contributed by atoms with van der Waals surface area (Å²) in [4.78, 5) is 0. The first-order valence-corrected chi connectivity index (χ1v) is 4.91. The van der Waals surface area contributed by atoms with Crippen LogP contribution in [0.5, 0.6) is 0 Å². The molecule has 2 aliphatic heterocycles. The van der Waals surface area contributed by atoms with E-state index in [1.165, 1.54) is 0 Å². The summed E-state index contributed by atoms with van der Waals surface area (Å²) in [6, 6.07) is 0. The molecule has 4 unspecified atom stereocenters. The van der Waals surface area contributed by atoms with Crippen molar-refractivity contribution in [1.82, 2.24) is 0 Å². The van der Waals surface area contributed by atoms with Gasteiger partial charge in [0.2, 0.25) is 0 Å². The van der Waals surface area contributed by atoms with Crippen LogP contribution in [0.25, 0.3) is 0 Å². The van der Waals surface area contributed by atoms with Crippen molar-refractivity contribution in [1.29, 1.82) is 0 Å². The third-order valence-electron chi connectivity index (χ3n) is 3.55. The van der Waals surface area contributed by atoms with Gasteiger partial charge in [-0.1, -0.05) is 19.2 Å². The molecule has 2 nitrogen and oxygen atoms in total. The molecule has 0 amide bonds. The van der Waals surface area contributed by atoms with Gasteiger partial charge >= 0.3 is 0 Å². The number of hydrogen-bond donors (Lipinski definition) is 0. The molecule has 0 aromatic carbocycles. The molecule has 4 atom stereocenters. The van der Waals surface area contributed by atoms with Gasteiger partial charge in [0.25, 0.3) is 0 Å². The Balaban J connectivity index is 2.11. The van der Waals surface area contributed by atoms with E-state index < -0.39 is 0 Å². The first kappa shape index (κ1) is 8.45. The Morgan fingerprint density at radius 3 is 2.57 bits per heavy atom. The molecule has 1 aliphatic carbocycles. The van der Waals surface area contributed by atoms with Gasteiger partial charge in [-0.05, 0) is 31.1 Å². The lowest BCUT2D eigenvalue weighted by atomic mass is 9.77. The summed E-state index contributed by atoms with van der Waals surface area (Å²) in [7, 11) is 0. The number of fused-ring (bicyclic) bond motifs is 3. The molecule has 2 heteroatoms. The quantitative estimate of drug-likeness (QED) is 0.491. The number of rotatable bonds is 2. The van der Waals surface area contributed by atoms with E-state index >= 15 is 0 Å². The van der Waals surface area contributed by atoms with Crippen LogP contribution in [0.4, 0.5) is 0 Å². The molecule has 3 aliphatic rings. The summed E-state index contributed by atoms with van der Waals surface area (Å²) in [6.07, 6.45) is 4.56. The molecule has 2 fully saturated rings. The minimum atomic E-state index is -0.323. The number of hydrogen-bond acceptors (Lipinski definition) is 2. The Morgan fingerprint density at radius 1 is 1.29 bits per heavy atom. The maximum atomic E-state index is 5.92. The molecular weight excluding hydrogens is 176 g/mol.